The van der Waals surface area contributed by atoms with Crippen LogP contribution in [0.25, 0.3) is 0 Å². The van der Waals surface area contributed by atoms with Crippen LogP contribution in [-0.4, -0.2) is 96.7 Å². The lowest BCUT2D eigenvalue weighted by Crippen LogP contribution is -2.30. The van der Waals surface area contributed by atoms with E-state index >= 15 is 0 Å². The van der Waals surface area contributed by atoms with Gasteiger partial charge in [-0.2, -0.15) is 0 Å². The molecule has 0 bridgehead atoms. The molecular weight excluding hydrogens is 1280 g/mol. The topological polar surface area (TPSA) is 237 Å². The maximum absolute atomic E-state index is 13.1. The molecule has 0 saturated carbocycles. The van der Waals surface area contributed by atoms with Crippen molar-refractivity contribution in [1.82, 2.24) is 0 Å². The van der Waals surface area contributed by atoms with Gasteiger partial charge in [0.05, 0.1) is 26.4 Å². The molecule has 0 aliphatic rings. The quantitative estimate of drug-likeness (QED) is 0.0222. The Balaban J connectivity index is 5.22. The summed E-state index contributed by atoms with van der Waals surface area (Å²) in [6.45, 7) is 12.0. The number of unbranched alkanes of at least 4 members (excludes halogenated alkanes) is 43. The predicted octanol–water partition coefficient (Wildman–Crippen LogP) is 23.4. The number of hydrogen-bond donors (Lipinski definition) is 3. The first-order valence-corrected chi connectivity index (χ1v) is 43.9. The summed E-state index contributed by atoms with van der Waals surface area (Å²) in [7, 11) is -9.91. The molecule has 0 aliphatic carbocycles. The number of esters is 4. The van der Waals surface area contributed by atoms with Crippen molar-refractivity contribution in [3.63, 3.8) is 0 Å². The minimum atomic E-state index is -4.96. The lowest BCUT2D eigenvalue weighted by atomic mass is 9.99. The zero-order valence-electron chi connectivity index (χ0n) is 64.3. The fourth-order valence-electron chi connectivity index (χ4n) is 12.1. The molecule has 0 heterocycles. The van der Waals surface area contributed by atoms with E-state index in [2.05, 4.69) is 48.5 Å². The number of aliphatic hydroxyl groups is 1. The fourth-order valence-corrected chi connectivity index (χ4v) is 13.6. The van der Waals surface area contributed by atoms with Crippen LogP contribution >= 0.6 is 15.6 Å². The molecule has 0 saturated heterocycles. The first-order chi connectivity index (χ1) is 47.3. The molecule has 0 aliphatic heterocycles. The summed E-state index contributed by atoms with van der Waals surface area (Å²) in [5.74, 6) is 0.340. The van der Waals surface area contributed by atoms with Crippen molar-refractivity contribution >= 4 is 39.5 Å². The van der Waals surface area contributed by atoms with Crippen molar-refractivity contribution < 1.29 is 80.2 Å². The molecule has 0 fully saturated rings. The molecule has 7 atom stereocenters. The van der Waals surface area contributed by atoms with Crippen molar-refractivity contribution in [3.8, 4) is 0 Å². The number of ether oxygens (including phenoxy) is 4. The maximum atomic E-state index is 13.1. The summed E-state index contributed by atoms with van der Waals surface area (Å²) in [5.41, 5.74) is 0. The van der Waals surface area contributed by atoms with Crippen molar-refractivity contribution in [1.29, 1.82) is 0 Å². The van der Waals surface area contributed by atoms with Gasteiger partial charge >= 0.3 is 39.5 Å². The summed E-state index contributed by atoms with van der Waals surface area (Å²) in [6, 6.07) is 0. The van der Waals surface area contributed by atoms with Crippen LogP contribution in [0.4, 0.5) is 0 Å². The Morgan fingerprint density at radius 2 is 0.520 bits per heavy atom. The lowest BCUT2D eigenvalue weighted by molar-refractivity contribution is -0.161. The van der Waals surface area contributed by atoms with Crippen LogP contribution in [0.1, 0.15) is 408 Å². The standard InChI is InChI=1S/C79H154O17P2/c1-8-11-12-13-14-39-46-53-60-76(81)89-66-74(95-79(84)63-56-49-42-35-29-28-32-38-45-52-59-72(7)10-3)68-93-97(85,86)91-64-73(80)65-92-98(87,88)94-69-75(96-78(83)62-55-48-41-34-27-23-17-15-16-20-24-30-36-43-50-57-70(4)5)67-90-77(82)61-54-47-40-33-26-22-19-18-21-25-31-37-44-51-58-71(6)9-2/h70-75,80H,8-69H2,1-7H3,(H,85,86)(H,87,88)/t71?,72?,73-,74+,75+/m0/s1. The minimum Gasteiger partial charge on any atom is -0.462 e. The van der Waals surface area contributed by atoms with Crippen molar-refractivity contribution in [2.45, 2.75) is 426 Å². The average molecular weight is 1440 g/mol. The van der Waals surface area contributed by atoms with Gasteiger partial charge in [0, 0.05) is 25.7 Å². The Morgan fingerprint density at radius 1 is 0.296 bits per heavy atom. The van der Waals surface area contributed by atoms with Gasteiger partial charge in [0.15, 0.2) is 12.2 Å². The van der Waals surface area contributed by atoms with Gasteiger partial charge in [0.25, 0.3) is 0 Å². The molecule has 0 spiro atoms. The Labute approximate surface area is 600 Å². The number of carbonyl (C=O) groups excluding carboxylic acids is 4. The number of aliphatic hydroxyl groups excluding tert-OH is 1. The highest BCUT2D eigenvalue weighted by Crippen LogP contribution is 2.45. The zero-order valence-corrected chi connectivity index (χ0v) is 66.0. The van der Waals surface area contributed by atoms with Crippen LogP contribution in [0.2, 0.25) is 0 Å². The van der Waals surface area contributed by atoms with E-state index in [9.17, 15) is 43.2 Å². The Morgan fingerprint density at radius 3 is 0.776 bits per heavy atom. The van der Waals surface area contributed by atoms with Gasteiger partial charge < -0.3 is 33.8 Å². The summed E-state index contributed by atoms with van der Waals surface area (Å²) in [4.78, 5) is 72.9. The molecule has 19 heteroatoms. The molecular formula is C79H154O17P2. The summed E-state index contributed by atoms with van der Waals surface area (Å²) < 4.78 is 68.6. The number of phosphoric acid groups is 2. The number of phosphoric ester groups is 2. The van der Waals surface area contributed by atoms with E-state index in [0.717, 1.165) is 114 Å². The molecule has 0 aromatic rings. The lowest BCUT2D eigenvalue weighted by Gasteiger charge is -2.21. The third-order valence-electron chi connectivity index (χ3n) is 19.1. The van der Waals surface area contributed by atoms with Crippen LogP contribution < -0.4 is 0 Å². The highest BCUT2D eigenvalue weighted by molar-refractivity contribution is 7.47. The number of hydrogen-bond acceptors (Lipinski definition) is 15. The molecule has 582 valence electrons. The van der Waals surface area contributed by atoms with E-state index in [1.807, 2.05) is 0 Å². The smallest absolute Gasteiger partial charge is 0.462 e. The van der Waals surface area contributed by atoms with Crippen LogP contribution in [0.3, 0.4) is 0 Å². The second-order valence-electron chi connectivity index (χ2n) is 29.4. The van der Waals surface area contributed by atoms with E-state index in [4.69, 9.17) is 37.0 Å². The minimum absolute atomic E-state index is 0.106. The Hall–Kier alpha value is -1.94. The highest BCUT2D eigenvalue weighted by atomic mass is 31.2. The van der Waals surface area contributed by atoms with Crippen molar-refractivity contribution in [2.24, 2.45) is 17.8 Å². The third kappa shape index (κ3) is 69.8. The SMILES string of the molecule is CCCCCCCCCCC(=O)OC[C@H](COP(=O)(O)OC[C@H](O)COP(=O)(O)OC[C@@H](COC(=O)CCCCCCCCCCCCCCCCC(C)CC)OC(=O)CCCCCCCCCCCCCCCCCC(C)C)OC(=O)CCCCCCCCCCCCC(C)CC. The average Bonchev–Trinajstić information content (AvgIpc) is 1.02. The van der Waals surface area contributed by atoms with Gasteiger partial charge in [-0.3, -0.25) is 37.3 Å². The highest BCUT2D eigenvalue weighted by Gasteiger charge is 2.30. The second-order valence-corrected chi connectivity index (χ2v) is 32.3. The van der Waals surface area contributed by atoms with Crippen LogP contribution in [-0.2, 0) is 65.4 Å². The Kier molecular flexibility index (Phi) is 68.1. The normalized spacial score (nSPS) is 14.6. The first-order valence-electron chi connectivity index (χ1n) is 40.9. The number of carbonyl (C=O) groups is 4. The molecule has 4 unspecified atom stereocenters. The molecule has 0 aromatic carbocycles. The first kappa shape index (κ1) is 96.1. The Bertz CT molecular complexity index is 1910. The van der Waals surface area contributed by atoms with Gasteiger partial charge in [-0.1, -0.05) is 357 Å². The summed E-state index contributed by atoms with van der Waals surface area (Å²) in [5, 5.41) is 10.6. The van der Waals surface area contributed by atoms with E-state index in [0.29, 0.717) is 25.7 Å². The van der Waals surface area contributed by atoms with E-state index in [1.165, 1.54) is 212 Å². The number of rotatable bonds is 77. The zero-order chi connectivity index (χ0) is 72.3. The maximum Gasteiger partial charge on any atom is 0.472 e. The second kappa shape index (κ2) is 69.4. The summed E-state index contributed by atoms with van der Waals surface area (Å²) >= 11 is 0. The molecule has 3 N–H and O–H groups in total. The molecule has 0 amide bonds. The summed E-state index contributed by atoms with van der Waals surface area (Å²) in [6.07, 6.45) is 56.8. The van der Waals surface area contributed by atoms with Crippen LogP contribution in [0.15, 0.2) is 0 Å². The fraction of sp³-hybridized carbons (Fsp3) is 0.949. The molecule has 0 radical (unpaired) electrons. The monoisotopic (exact) mass is 1440 g/mol. The predicted molar refractivity (Wildman–Crippen MR) is 400 cm³/mol. The van der Waals surface area contributed by atoms with Crippen molar-refractivity contribution in [3.05, 3.63) is 0 Å². The van der Waals surface area contributed by atoms with Gasteiger partial charge in [0.2, 0.25) is 0 Å². The van der Waals surface area contributed by atoms with Crippen LogP contribution in [0, 0.1) is 17.8 Å². The van der Waals surface area contributed by atoms with E-state index in [1.54, 1.807) is 0 Å². The largest absolute Gasteiger partial charge is 0.472 e. The van der Waals surface area contributed by atoms with Gasteiger partial charge in [-0.15, -0.1) is 0 Å². The molecule has 0 aromatic heterocycles. The van der Waals surface area contributed by atoms with E-state index < -0.39 is 97.5 Å². The van der Waals surface area contributed by atoms with Crippen molar-refractivity contribution in [2.75, 3.05) is 39.6 Å². The van der Waals surface area contributed by atoms with Gasteiger partial charge in [0.1, 0.15) is 19.3 Å². The molecule has 17 nitrogen and oxygen atoms in total. The molecule has 0 rings (SSSR count). The third-order valence-corrected chi connectivity index (χ3v) is 21.0. The van der Waals surface area contributed by atoms with Crippen LogP contribution in [0.5, 0.6) is 0 Å². The molecule has 98 heavy (non-hydrogen) atoms. The van der Waals surface area contributed by atoms with Gasteiger partial charge in [-0.25, -0.2) is 9.13 Å². The van der Waals surface area contributed by atoms with Gasteiger partial charge in [-0.05, 0) is 43.4 Å². The van der Waals surface area contributed by atoms with E-state index in [-0.39, 0.29) is 25.7 Å².